The number of primary amides is 1. The number of hydrogen-bond acceptors (Lipinski definition) is 6. The number of ether oxygens (including phenoxy) is 1. The zero-order chi connectivity index (χ0) is 21.1. The molecule has 8 heteroatoms. The van der Waals surface area contributed by atoms with Crippen LogP contribution in [0.5, 0.6) is 0 Å². The summed E-state index contributed by atoms with van der Waals surface area (Å²) in [5, 5.41) is 0. The second-order valence-electron chi connectivity index (χ2n) is 7.22. The Bertz CT molecular complexity index is 1100. The van der Waals surface area contributed by atoms with Gasteiger partial charge in [-0.3, -0.25) is 19.1 Å². The lowest BCUT2D eigenvalue weighted by atomic mass is 10.1. The third-order valence-electron chi connectivity index (χ3n) is 5.21. The van der Waals surface area contributed by atoms with Crippen molar-refractivity contribution in [2.75, 3.05) is 24.6 Å². The SMILES string of the molecule is Cn1c(N2CCCOC(c3ccc(C(N)=O)cc3)C2)nc(-c2ccncc2)cc1=O. The van der Waals surface area contributed by atoms with E-state index in [9.17, 15) is 9.59 Å². The van der Waals surface area contributed by atoms with Crippen LogP contribution >= 0.6 is 0 Å². The maximum atomic E-state index is 12.6. The molecule has 2 aromatic heterocycles. The molecule has 2 N–H and O–H groups in total. The molecule has 0 saturated carbocycles. The van der Waals surface area contributed by atoms with E-state index in [0.717, 1.165) is 24.1 Å². The van der Waals surface area contributed by atoms with E-state index >= 15 is 0 Å². The van der Waals surface area contributed by atoms with E-state index < -0.39 is 5.91 Å². The highest BCUT2D eigenvalue weighted by Crippen LogP contribution is 2.26. The largest absolute Gasteiger partial charge is 0.372 e. The molecular weight excluding hydrogens is 382 g/mol. The van der Waals surface area contributed by atoms with E-state index in [-0.39, 0.29) is 11.7 Å². The fourth-order valence-corrected chi connectivity index (χ4v) is 3.55. The van der Waals surface area contributed by atoms with Gasteiger partial charge < -0.3 is 15.4 Å². The van der Waals surface area contributed by atoms with Crippen LogP contribution in [0.15, 0.2) is 59.7 Å². The number of amides is 1. The van der Waals surface area contributed by atoms with Crippen LogP contribution in [0.2, 0.25) is 0 Å². The van der Waals surface area contributed by atoms with Gasteiger partial charge >= 0.3 is 0 Å². The van der Waals surface area contributed by atoms with Crippen molar-refractivity contribution in [3.05, 3.63) is 76.3 Å². The maximum Gasteiger partial charge on any atom is 0.255 e. The fourth-order valence-electron chi connectivity index (χ4n) is 3.55. The standard InChI is InChI=1S/C22H23N5O3/c1-26-20(28)13-18(15-7-9-24-10-8-15)25-22(26)27-11-2-12-30-19(14-27)16-3-5-17(6-4-16)21(23)29/h3-10,13,19H,2,11-12,14H2,1H3,(H2,23,29). The van der Waals surface area contributed by atoms with Crippen LogP contribution in [0.3, 0.4) is 0 Å². The minimum atomic E-state index is -0.461. The van der Waals surface area contributed by atoms with Crippen molar-refractivity contribution in [1.29, 1.82) is 0 Å². The van der Waals surface area contributed by atoms with Crippen LogP contribution in [0, 0.1) is 0 Å². The van der Waals surface area contributed by atoms with Gasteiger partial charge in [-0.1, -0.05) is 12.1 Å². The predicted octanol–water partition coefficient (Wildman–Crippen LogP) is 1.91. The molecule has 1 aliphatic rings. The van der Waals surface area contributed by atoms with Crippen LogP contribution in [-0.2, 0) is 11.8 Å². The number of rotatable bonds is 4. The monoisotopic (exact) mass is 405 g/mol. The minimum absolute atomic E-state index is 0.126. The van der Waals surface area contributed by atoms with Gasteiger partial charge in [0.25, 0.3) is 5.56 Å². The third-order valence-corrected chi connectivity index (χ3v) is 5.21. The molecule has 1 saturated heterocycles. The van der Waals surface area contributed by atoms with Gasteiger partial charge in [-0.05, 0) is 36.2 Å². The molecule has 4 rings (SSSR count). The van der Waals surface area contributed by atoms with Crippen molar-refractivity contribution in [2.24, 2.45) is 12.8 Å². The summed E-state index contributed by atoms with van der Waals surface area (Å²) >= 11 is 0. The van der Waals surface area contributed by atoms with Gasteiger partial charge in [0.1, 0.15) is 6.10 Å². The number of nitrogens with two attached hydrogens (primary N) is 1. The summed E-state index contributed by atoms with van der Waals surface area (Å²) in [4.78, 5) is 34.8. The highest BCUT2D eigenvalue weighted by Gasteiger charge is 2.24. The molecule has 1 unspecified atom stereocenters. The second-order valence-corrected chi connectivity index (χ2v) is 7.22. The van der Waals surface area contributed by atoms with Gasteiger partial charge in [0.2, 0.25) is 11.9 Å². The van der Waals surface area contributed by atoms with Crippen molar-refractivity contribution >= 4 is 11.9 Å². The number of anilines is 1. The first-order valence-corrected chi connectivity index (χ1v) is 9.78. The first kappa shape index (κ1) is 19.8. The molecule has 1 amide bonds. The van der Waals surface area contributed by atoms with Gasteiger partial charge in [0.05, 0.1) is 12.2 Å². The highest BCUT2D eigenvalue weighted by molar-refractivity contribution is 5.92. The summed E-state index contributed by atoms with van der Waals surface area (Å²) in [5.74, 6) is 0.135. The number of carbonyl (C=O) groups excluding carboxylic acids is 1. The summed E-state index contributed by atoms with van der Waals surface area (Å²) in [5.41, 5.74) is 8.07. The Morgan fingerprint density at radius 1 is 1.17 bits per heavy atom. The van der Waals surface area contributed by atoms with Gasteiger partial charge in [-0.15, -0.1) is 0 Å². The lowest BCUT2D eigenvalue weighted by molar-refractivity contribution is 0.0685. The molecule has 0 aliphatic carbocycles. The highest BCUT2D eigenvalue weighted by atomic mass is 16.5. The number of carbonyl (C=O) groups is 1. The van der Waals surface area contributed by atoms with Crippen molar-refractivity contribution in [2.45, 2.75) is 12.5 Å². The van der Waals surface area contributed by atoms with Gasteiger partial charge in [-0.2, -0.15) is 0 Å². The molecule has 154 valence electrons. The number of pyridine rings is 1. The van der Waals surface area contributed by atoms with Crippen molar-refractivity contribution in [3.8, 4) is 11.3 Å². The summed E-state index contributed by atoms with van der Waals surface area (Å²) in [6.45, 7) is 1.85. The van der Waals surface area contributed by atoms with Gasteiger partial charge in [0.15, 0.2) is 0 Å². The molecule has 1 aromatic carbocycles. The van der Waals surface area contributed by atoms with E-state index in [1.165, 1.54) is 6.07 Å². The van der Waals surface area contributed by atoms with Gasteiger partial charge in [-0.25, -0.2) is 4.98 Å². The van der Waals surface area contributed by atoms with Crippen molar-refractivity contribution in [1.82, 2.24) is 14.5 Å². The number of hydrogen-bond donors (Lipinski definition) is 1. The van der Waals surface area contributed by atoms with Crippen molar-refractivity contribution < 1.29 is 9.53 Å². The fraction of sp³-hybridized carbons (Fsp3) is 0.273. The Labute approximate surface area is 173 Å². The lowest BCUT2D eigenvalue weighted by Crippen LogP contribution is -2.34. The van der Waals surface area contributed by atoms with E-state index in [1.54, 1.807) is 36.1 Å². The van der Waals surface area contributed by atoms with E-state index in [4.69, 9.17) is 15.5 Å². The molecule has 1 fully saturated rings. The van der Waals surface area contributed by atoms with E-state index in [1.807, 2.05) is 24.3 Å². The molecule has 8 nitrogen and oxygen atoms in total. The Hall–Kier alpha value is -3.52. The normalized spacial score (nSPS) is 16.8. The molecule has 3 aromatic rings. The number of nitrogens with zero attached hydrogens (tertiary/aromatic N) is 4. The van der Waals surface area contributed by atoms with Gasteiger partial charge in [0, 0.05) is 49.8 Å². The average Bonchev–Trinajstić information content (AvgIpc) is 3.02. The Balaban J connectivity index is 1.66. The Morgan fingerprint density at radius 2 is 1.90 bits per heavy atom. The molecule has 30 heavy (non-hydrogen) atoms. The first-order chi connectivity index (χ1) is 14.5. The molecule has 0 spiro atoms. The van der Waals surface area contributed by atoms with Crippen molar-refractivity contribution in [3.63, 3.8) is 0 Å². The summed E-state index contributed by atoms with van der Waals surface area (Å²) in [6.07, 6.45) is 3.96. The van der Waals surface area contributed by atoms with Crippen LogP contribution in [-0.4, -0.2) is 40.1 Å². The quantitative estimate of drug-likeness (QED) is 0.711. The maximum absolute atomic E-state index is 12.6. The minimum Gasteiger partial charge on any atom is -0.372 e. The summed E-state index contributed by atoms with van der Waals surface area (Å²) < 4.78 is 7.60. The molecule has 1 aliphatic heterocycles. The Morgan fingerprint density at radius 3 is 2.60 bits per heavy atom. The number of benzene rings is 1. The summed E-state index contributed by atoms with van der Waals surface area (Å²) in [6, 6.07) is 12.3. The molecule has 0 bridgehead atoms. The number of aromatic nitrogens is 3. The van der Waals surface area contributed by atoms with E-state index in [0.29, 0.717) is 30.4 Å². The second kappa shape index (κ2) is 8.46. The molecular formula is C22H23N5O3. The van der Waals surface area contributed by atoms with Crippen LogP contribution < -0.4 is 16.2 Å². The third kappa shape index (κ3) is 4.08. The first-order valence-electron chi connectivity index (χ1n) is 9.78. The molecule has 1 atom stereocenters. The molecule has 3 heterocycles. The Kier molecular flexibility index (Phi) is 5.58. The average molecular weight is 405 g/mol. The topological polar surface area (TPSA) is 103 Å². The lowest BCUT2D eigenvalue weighted by Gasteiger charge is -2.27. The zero-order valence-corrected chi connectivity index (χ0v) is 16.7. The zero-order valence-electron chi connectivity index (χ0n) is 16.7. The summed E-state index contributed by atoms with van der Waals surface area (Å²) in [7, 11) is 1.73. The predicted molar refractivity (Wildman–Crippen MR) is 113 cm³/mol. The van der Waals surface area contributed by atoms with Crippen LogP contribution in [0.25, 0.3) is 11.3 Å². The van der Waals surface area contributed by atoms with E-state index in [2.05, 4.69) is 9.88 Å². The van der Waals surface area contributed by atoms with Crippen LogP contribution in [0.4, 0.5) is 5.95 Å². The molecule has 0 radical (unpaired) electrons. The smallest absolute Gasteiger partial charge is 0.255 e. The van der Waals surface area contributed by atoms with Crippen LogP contribution in [0.1, 0.15) is 28.4 Å².